The van der Waals surface area contributed by atoms with Crippen LogP contribution in [0.25, 0.3) is 0 Å². The van der Waals surface area contributed by atoms with Gasteiger partial charge in [0.1, 0.15) is 11.7 Å². The number of esters is 1. The lowest BCUT2D eigenvalue weighted by atomic mass is 9.98. The Labute approximate surface area is 146 Å². The summed E-state index contributed by atoms with van der Waals surface area (Å²) < 4.78 is 9.69. The second kappa shape index (κ2) is 8.68. The fraction of sp³-hybridized carbons (Fsp3) is 0.529. The van der Waals surface area contributed by atoms with Crippen molar-refractivity contribution in [2.75, 3.05) is 19.4 Å². The molecule has 0 aromatic heterocycles. The van der Waals surface area contributed by atoms with Crippen molar-refractivity contribution in [1.29, 1.82) is 0 Å². The maximum Gasteiger partial charge on any atom is 0.407 e. The third kappa shape index (κ3) is 6.60. The molecule has 0 aliphatic carbocycles. The third-order valence-corrected chi connectivity index (χ3v) is 3.30. The summed E-state index contributed by atoms with van der Waals surface area (Å²) >= 11 is 0. The molecule has 1 aromatic rings. The Morgan fingerprint density at radius 3 is 2.48 bits per heavy atom. The predicted molar refractivity (Wildman–Crippen MR) is 92.0 cm³/mol. The summed E-state index contributed by atoms with van der Waals surface area (Å²) in [6.45, 7) is 5.32. The maximum atomic E-state index is 11.6. The summed E-state index contributed by atoms with van der Waals surface area (Å²) in [4.78, 5) is 23.1. The van der Waals surface area contributed by atoms with Crippen LogP contribution in [0.15, 0.2) is 18.2 Å². The first-order chi connectivity index (χ1) is 11.5. The second-order valence-electron chi connectivity index (χ2n) is 6.56. The molecule has 5 N–H and O–H groups in total. The van der Waals surface area contributed by atoms with E-state index in [-0.39, 0.29) is 29.8 Å². The van der Waals surface area contributed by atoms with Crippen molar-refractivity contribution in [3.63, 3.8) is 0 Å². The molecule has 1 rings (SSSR count). The molecule has 0 aliphatic rings. The van der Waals surface area contributed by atoms with Gasteiger partial charge in [-0.25, -0.2) is 9.59 Å². The molecule has 0 fully saturated rings. The number of anilines is 1. The molecule has 1 amide bonds. The minimum atomic E-state index is -1.31. The van der Waals surface area contributed by atoms with Crippen LogP contribution in [0.1, 0.15) is 49.2 Å². The highest BCUT2D eigenvalue weighted by Crippen LogP contribution is 2.26. The third-order valence-electron chi connectivity index (χ3n) is 3.30. The number of hydrogen-bond donors (Lipinski definition) is 4. The van der Waals surface area contributed by atoms with Crippen molar-refractivity contribution in [1.82, 2.24) is 5.32 Å². The van der Waals surface area contributed by atoms with E-state index in [0.29, 0.717) is 0 Å². The Balaban J connectivity index is 2.66. The van der Waals surface area contributed by atoms with Gasteiger partial charge >= 0.3 is 12.1 Å². The Morgan fingerprint density at radius 2 is 1.92 bits per heavy atom. The second-order valence-corrected chi connectivity index (χ2v) is 6.56. The predicted octanol–water partition coefficient (Wildman–Crippen LogP) is 1.36. The molecular weight excluding hydrogens is 328 g/mol. The average Bonchev–Trinajstić information content (AvgIpc) is 2.52. The molecule has 8 nitrogen and oxygen atoms in total. The molecule has 2 unspecified atom stereocenters. The Bertz CT molecular complexity index is 612. The van der Waals surface area contributed by atoms with E-state index in [9.17, 15) is 19.8 Å². The molecule has 1 aromatic carbocycles. The highest BCUT2D eigenvalue weighted by Gasteiger charge is 2.23. The molecule has 140 valence electrons. The molecule has 0 spiro atoms. The van der Waals surface area contributed by atoms with Crippen molar-refractivity contribution >= 4 is 17.7 Å². The summed E-state index contributed by atoms with van der Waals surface area (Å²) in [5, 5.41) is 22.9. The Kier molecular flexibility index (Phi) is 7.20. The van der Waals surface area contributed by atoms with Crippen LogP contribution in [0, 0.1) is 0 Å². The van der Waals surface area contributed by atoms with Gasteiger partial charge in [0.2, 0.25) is 0 Å². The molecule has 2 atom stereocenters. The van der Waals surface area contributed by atoms with E-state index in [2.05, 4.69) is 10.1 Å². The fourth-order valence-corrected chi connectivity index (χ4v) is 2.08. The molecule has 0 heterocycles. The molecule has 0 saturated carbocycles. The zero-order valence-corrected chi connectivity index (χ0v) is 14.9. The number of rotatable bonds is 6. The van der Waals surface area contributed by atoms with E-state index >= 15 is 0 Å². The normalized spacial score (nSPS) is 13.7. The number of alkyl carbamates (subject to hydrolysis) is 1. The van der Waals surface area contributed by atoms with Crippen LogP contribution in [0.3, 0.4) is 0 Å². The number of nitrogens with two attached hydrogens (primary N) is 1. The monoisotopic (exact) mass is 354 g/mol. The topological polar surface area (TPSA) is 131 Å². The number of hydrogen-bond acceptors (Lipinski definition) is 7. The Morgan fingerprint density at radius 1 is 1.28 bits per heavy atom. The zero-order valence-electron chi connectivity index (χ0n) is 14.9. The molecule has 0 aliphatic heterocycles. The van der Waals surface area contributed by atoms with Crippen LogP contribution in [0.4, 0.5) is 10.5 Å². The lowest BCUT2D eigenvalue weighted by Gasteiger charge is -2.22. The van der Waals surface area contributed by atoms with Crippen LogP contribution in [0.2, 0.25) is 0 Å². The number of ether oxygens (including phenoxy) is 2. The summed E-state index contributed by atoms with van der Waals surface area (Å²) in [6, 6.07) is 4.29. The lowest BCUT2D eigenvalue weighted by Crippen LogP contribution is -2.34. The van der Waals surface area contributed by atoms with Gasteiger partial charge in [-0.15, -0.1) is 0 Å². The number of carbonyl (C=O) groups is 2. The number of nitrogens with one attached hydrogen (secondary N) is 1. The molecular formula is C17H26N2O6. The number of carbonyl (C=O) groups excluding carboxylic acids is 2. The molecule has 0 bridgehead atoms. The number of amides is 1. The maximum absolute atomic E-state index is 11.6. The number of nitrogen functional groups attached to an aromatic ring is 1. The highest BCUT2D eigenvalue weighted by molar-refractivity contribution is 5.90. The van der Waals surface area contributed by atoms with Crippen molar-refractivity contribution in [3.05, 3.63) is 29.3 Å². The zero-order chi connectivity index (χ0) is 19.2. The standard InChI is InChI=1S/C17H26N2O6/c1-17(2,3)25-16(23)19-8-7-13(20)14(21)11-9-10(15(22)24-4)5-6-12(11)18/h5-6,9,13-14,20-21H,7-8,18H2,1-4H3,(H,19,23). The van der Waals surface area contributed by atoms with Gasteiger partial charge in [-0.1, -0.05) is 0 Å². The first kappa shape index (κ1) is 20.7. The molecule has 0 saturated heterocycles. The number of methoxy groups -OCH3 is 1. The van der Waals surface area contributed by atoms with Crippen molar-refractivity contribution in [3.8, 4) is 0 Å². The molecule has 25 heavy (non-hydrogen) atoms. The van der Waals surface area contributed by atoms with E-state index in [1.165, 1.54) is 25.3 Å². The van der Waals surface area contributed by atoms with E-state index in [1.54, 1.807) is 20.8 Å². The summed E-state index contributed by atoms with van der Waals surface area (Å²) in [5.41, 5.74) is 5.85. The van der Waals surface area contributed by atoms with Crippen LogP contribution < -0.4 is 11.1 Å². The van der Waals surface area contributed by atoms with Gasteiger partial charge in [0.15, 0.2) is 0 Å². The average molecular weight is 354 g/mol. The molecule has 8 heteroatoms. The lowest BCUT2D eigenvalue weighted by molar-refractivity contribution is 0.0126. The van der Waals surface area contributed by atoms with Gasteiger partial charge in [0.05, 0.1) is 18.8 Å². The minimum Gasteiger partial charge on any atom is -0.465 e. The highest BCUT2D eigenvalue weighted by atomic mass is 16.6. The van der Waals surface area contributed by atoms with E-state index in [1.807, 2.05) is 0 Å². The van der Waals surface area contributed by atoms with Crippen molar-refractivity contribution in [2.45, 2.75) is 45.0 Å². The van der Waals surface area contributed by atoms with Crippen molar-refractivity contribution in [2.24, 2.45) is 0 Å². The minimum absolute atomic E-state index is 0.0717. The van der Waals surface area contributed by atoms with Gasteiger partial charge in [-0.05, 0) is 45.4 Å². The van der Waals surface area contributed by atoms with Gasteiger partial charge in [-0.2, -0.15) is 0 Å². The van der Waals surface area contributed by atoms with E-state index in [4.69, 9.17) is 10.5 Å². The van der Waals surface area contributed by atoms with Crippen LogP contribution >= 0.6 is 0 Å². The van der Waals surface area contributed by atoms with Gasteiger partial charge in [0.25, 0.3) is 0 Å². The van der Waals surface area contributed by atoms with Crippen LogP contribution in [-0.4, -0.2) is 47.6 Å². The van der Waals surface area contributed by atoms with Crippen molar-refractivity contribution < 1.29 is 29.3 Å². The summed E-state index contributed by atoms with van der Waals surface area (Å²) in [5.74, 6) is -0.575. The van der Waals surface area contributed by atoms with E-state index in [0.717, 1.165) is 0 Å². The first-order valence-corrected chi connectivity index (χ1v) is 7.86. The number of aliphatic hydroxyl groups excluding tert-OH is 2. The fourth-order valence-electron chi connectivity index (χ4n) is 2.08. The summed E-state index contributed by atoms with van der Waals surface area (Å²) in [7, 11) is 1.24. The van der Waals surface area contributed by atoms with Gasteiger partial charge in [0, 0.05) is 17.8 Å². The first-order valence-electron chi connectivity index (χ1n) is 7.86. The van der Waals surface area contributed by atoms with Crippen LogP contribution in [0.5, 0.6) is 0 Å². The quantitative estimate of drug-likeness (QED) is 0.448. The smallest absolute Gasteiger partial charge is 0.407 e. The van der Waals surface area contributed by atoms with E-state index < -0.39 is 29.9 Å². The largest absolute Gasteiger partial charge is 0.465 e. The number of aliphatic hydroxyl groups is 2. The van der Waals surface area contributed by atoms with Gasteiger partial charge in [-0.3, -0.25) is 0 Å². The molecule has 0 radical (unpaired) electrons. The summed E-state index contributed by atoms with van der Waals surface area (Å²) in [6.07, 6.45) is -3.04. The Hall–Kier alpha value is -2.32. The SMILES string of the molecule is COC(=O)c1ccc(N)c(C(O)C(O)CCNC(=O)OC(C)(C)C)c1. The number of benzene rings is 1. The van der Waals surface area contributed by atoms with Crippen LogP contribution in [-0.2, 0) is 9.47 Å². The van der Waals surface area contributed by atoms with Gasteiger partial charge < -0.3 is 30.7 Å².